The van der Waals surface area contributed by atoms with Crippen molar-refractivity contribution in [3.05, 3.63) is 46.5 Å². The quantitative estimate of drug-likeness (QED) is 0.497. The van der Waals surface area contributed by atoms with Crippen LogP contribution in [0.2, 0.25) is 0 Å². The van der Waals surface area contributed by atoms with E-state index in [0.29, 0.717) is 29.3 Å². The van der Waals surface area contributed by atoms with Crippen molar-refractivity contribution < 1.29 is 19.2 Å². The van der Waals surface area contributed by atoms with E-state index in [1.54, 1.807) is 24.3 Å². The van der Waals surface area contributed by atoms with Crippen LogP contribution in [0.5, 0.6) is 0 Å². The molecule has 8 nitrogen and oxygen atoms in total. The Morgan fingerprint density at radius 1 is 1.15 bits per heavy atom. The maximum Gasteiger partial charge on any atom is 0.277 e. The molecule has 2 amide bonds. The van der Waals surface area contributed by atoms with Crippen LogP contribution in [0.1, 0.15) is 12.8 Å². The number of ether oxygens (including phenoxy) is 1. The first kappa shape index (κ1) is 15.4. The van der Waals surface area contributed by atoms with Gasteiger partial charge in [0, 0.05) is 11.5 Å². The van der Waals surface area contributed by atoms with Crippen LogP contribution in [0, 0.1) is 16.0 Å². The molecule has 2 N–H and O–H groups in total. The normalized spacial score (nSPS) is 32.5. The second kappa shape index (κ2) is 4.87. The van der Waals surface area contributed by atoms with Gasteiger partial charge in [-0.05, 0) is 25.0 Å². The van der Waals surface area contributed by atoms with Gasteiger partial charge in [-0.15, -0.1) is 0 Å². The molecule has 0 aliphatic carbocycles. The lowest BCUT2D eigenvalue weighted by Crippen LogP contribution is -2.58. The molecule has 0 aromatic heterocycles. The highest BCUT2D eigenvalue weighted by Crippen LogP contribution is 2.51. The highest BCUT2D eigenvalue weighted by atomic mass is 16.6. The van der Waals surface area contributed by atoms with E-state index in [-0.39, 0.29) is 17.7 Å². The van der Waals surface area contributed by atoms with Crippen molar-refractivity contribution in [2.45, 2.75) is 30.6 Å². The average molecular weight is 353 g/mol. The zero-order valence-electron chi connectivity index (χ0n) is 13.6. The summed E-state index contributed by atoms with van der Waals surface area (Å²) in [6.45, 7) is 0. The number of hydrogen-bond acceptors (Lipinski definition) is 6. The van der Waals surface area contributed by atoms with Crippen molar-refractivity contribution in [2.24, 2.45) is 11.7 Å². The maximum atomic E-state index is 13.1. The number of benzene rings is 2. The second-order valence-corrected chi connectivity index (χ2v) is 7.04. The SMILES string of the molecule is N[C@]12C(=O)N(c3ccc([N+](=O)[O-])c4ccccc34)C(=O)[C@H]1C1CCC2O1. The van der Waals surface area contributed by atoms with Crippen molar-refractivity contribution in [1.29, 1.82) is 0 Å². The molecule has 0 saturated carbocycles. The summed E-state index contributed by atoms with van der Waals surface area (Å²) in [5.74, 6) is -1.56. The molecule has 2 aromatic rings. The van der Waals surface area contributed by atoms with Crippen molar-refractivity contribution in [3.8, 4) is 0 Å². The lowest BCUT2D eigenvalue weighted by Gasteiger charge is -2.28. The summed E-state index contributed by atoms with van der Waals surface area (Å²) in [5, 5.41) is 12.1. The number of fused-ring (bicyclic) bond motifs is 6. The molecule has 5 rings (SSSR count). The minimum atomic E-state index is -1.34. The highest BCUT2D eigenvalue weighted by molar-refractivity contribution is 6.29. The summed E-state index contributed by atoms with van der Waals surface area (Å²) in [6.07, 6.45) is 0.576. The Bertz CT molecular complexity index is 1010. The monoisotopic (exact) mass is 353 g/mol. The zero-order valence-corrected chi connectivity index (χ0v) is 13.6. The molecule has 3 saturated heterocycles. The number of amides is 2. The van der Waals surface area contributed by atoms with Gasteiger partial charge in [-0.3, -0.25) is 19.7 Å². The fourth-order valence-corrected chi connectivity index (χ4v) is 4.68. The Morgan fingerprint density at radius 2 is 1.88 bits per heavy atom. The zero-order chi connectivity index (χ0) is 18.2. The largest absolute Gasteiger partial charge is 0.372 e. The molecular weight excluding hydrogens is 338 g/mol. The van der Waals surface area contributed by atoms with Gasteiger partial charge in [-0.2, -0.15) is 0 Å². The van der Waals surface area contributed by atoms with E-state index in [4.69, 9.17) is 10.5 Å². The number of nitro groups is 1. The van der Waals surface area contributed by atoms with E-state index in [9.17, 15) is 19.7 Å². The molecule has 3 fully saturated rings. The van der Waals surface area contributed by atoms with Crippen molar-refractivity contribution in [1.82, 2.24) is 0 Å². The fourth-order valence-electron chi connectivity index (χ4n) is 4.68. The number of nitrogens with two attached hydrogens (primary N) is 1. The van der Waals surface area contributed by atoms with E-state index in [1.165, 1.54) is 12.1 Å². The third-order valence-electron chi connectivity index (χ3n) is 5.85. The summed E-state index contributed by atoms with van der Waals surface area (Å²) >= 11 is 0. The van der Waals surface area contributed by atoms with E-state index in [1.807, 2.05) is 0 Å². The van der Waals surface area contributed by atoms with Crippen LogP contribution in [0.15, 0.2) is 36.4 Å². The van der Waals surface area contributed by atoms with Crippen LogP contribution in [0.25, 0.3) is 10.8 Å². The number of carbonyl (C=O) groups excluding carboxylic acids is 2. The Kier molecular flexibility index (Phi) is 2.88. The Hall–Kier alpha value is -2.84. The van der Waals surface area contributed by atoms with Gasteiger partial charge in [0.05, 0.1) is 34.1 Å². The lowest BCUT2D eigenvalue weighted by atomic mass is 9.75. The Morgan fingerprint density at radius 3 is 2.58 bits per heavy atom. The van der Waals surface area contributed by atoms with Gasteiger partial charge in [0.1, 0.15) is 5.54 Å². The van der Waals surface area contributed by atoms with Crippen molar-refractivity contribution in [3.63, 3.8) is 0 Å². The average Bonchev–Trinajstić information content (AvgIpc) is 3.26. The number of nitro benzene ring substituents is 1. The van der Waals surface area contributed by atoms with Crippen LogP contribution in [0.3, 0.4) is 0 Å². The minimum Gasteiger partial charge on any atom is -0.372 e. The number of anilines is 1. The minimum absolute atomic E-state index is 0.0745. The van der Waals surface area contributed by atoms with Gasteiger partial charge in [0.25, 0.3) is 11.6 Å². The molecule has 2 unspecified atom stereocenters. The van der Waals surface area contributed by atoms with Crippen LogP contribution in [-0.2, 0) is 14.3 Å². The van der Waals surface area contributed by atoms with Crippen molar-refractivity contribution in [2.75, 3.05) is 4.90 Å². The first-order chi connectivity index (χ1) is 12.4. The fraction of sp³-hybridized carbons (Fsp3) is 0.333. The van der Waals surface area contributed by atoms with E-state index in [2.05, 4.69) is 0 Å². The number of imide groups is 1. The third-order valence-corrected chi connectivity index (χ3v) is 5.85. The van der Waals surface area contributed by atoms with E-state index < -0.39 is 28.4 Å². The summed E-state index contributed by atoms with van der Waals surface area (Å²) in [7, 11) is 0. The summed E-state index contributed by atoms with van der Waals surface area (Å²) in [6, 6.07) is 9.44. The number of nitrogens with zero attached hydrogens (tertiary/aromatic N) is 2. The summed E-state index contributed by atoms with van der Waals surface area (Å²) < 4.78 is 5.72. The predicted molar refractivity (Wildman–Crippen MR) is 91.4 cm³/mol. The summed E-state index contributed by atoms with van der Waals surface area (Å²) in [5.41, 5.74) is 5.30. The van der Waals surface area contributed by atoms with Crippen LogP contribution in [-0.4, -0.2) is 34.5 Å². The Labute approximate surface area is 147 Å². The predicted octanol–water partition coefficient (Wildman–Crippen LogP) is 1.50. The van der Waals surface area contributed by atoms with Gasteiger partial charge < -0.3 is 10.5 Å². The third kappa shape index (κ3) is 1.65. The number of rotatable bonds is 2. The standard InChI is InChI=1S/C18H15N3O5/c19-18-14-8-7-13(26-14)15(18)16(22)20(17(18)23)11-5-6-12(21(24)25)10-4-2-1-3-9(10)11/h1-6,13-15H,7-8,19H2/t13?,14?,15-,18+/m1/s1. The molecule has 2 bridgehead atoms. The molecule has 132 valence electrons. The molecule has 8 heteroatoms. The molecule has 4 atom stereocenters. The van der Waals surface area contributed by atoms with Gasteiger partial charge in [0.15, 0.2) is 0 Å². The van der Waals surface area contributed by atoms with Gasteiger partial charge in [-0.1, -0.05) is 18.2 Å². The van der Waals surface area contributed by atoms with Crippen LogP contribution in [0.4, 0.5) is 11.4 Å². The molecule has 3 heterocycles. The van der Waals surface area contributed by atoms with Crippen LogP contribution >= 0.6 is 0 Å². The molecule has 0 radical (unpaired) electrons. The highest BCUT2D eigenvalue weighted by Gasteiger charge is 2.71. The van der Waals surface area contributed by atoms with Gasteiger partial charge in [-0.25, -0.2) is 4.90 Å². The van der Waals surface area contributed by atoms with E-state index in [0.717, 1.165) is 4.90 Å². The maximum absolute atomic E-state index is 13.1. The molecular formula is C18H15N3O5. The lowest BCUT2D eigenvalue weighted by molar-refractivity contribution is -0.383. The van der Waals surface area contributed by atoms with Gasteiger partial charge in [0.2, 0.25) is 5.91 Å². The molecule has 0 spiro atoms. The number of hydrogen-bond donors (Lipinski definition) is 1. The molecule has 3 aliphatic rings. The first-order valence-corrected chi connectivity index (χ1v) is 8.43. The smallest absolute Gasteiger partial charge is 0.277 e. The van der Waals surface area contributed by atoms with Gasteiger partial charge >= 0.3 is 0 Å². The molecule has 3 aliphatic heterocycles. The molecule has 26 heavy (non-hydrogen) atoms. The van der Waals surface area contributed by atoms with Crippen LogP contribution < -0.4 is 10.6 Å². The second-order valence-electron chi connectivity index (χ2n) is 7.04. The number of non-ortho nitro benzene ring substituents is 1. The van der Waals surface area contributed by atoms with E-state index >= 15 is 0 Å². The number of carbonyl (C=O) groups is 2. The van der Waals surface area contributed by atoms with Crippen molar-refractivity contribution >= 4 is 34.0 Å². The Balaban J connectivity index is 1.70. The summed E-state index contributed by atoms with van der Waals surface area (Å²) in [4.78, 5) is 38.1. The molecule has 2 aromatic carbocycles. The topological polar surface area (TPSA) is 116 Å². The first-order valence-electron chi connectivity index (χ1n) is 8.43.